The minimum absolute atomic E-state index is 0.707. The van der Waals surface area contributed by atoms with E-state index in [2.05, 4.69) is 31.0 Å². The lowest BCUT2D eigenvalue weighted by Crippen LogP contribution is -2.47. The van der Waals surface area contributed by atoms with Crippen molar-refractivity contribution < 1.29 is 0 Å². The number of nitrogens with zero attached hydrogens (tertiary/aromatic N) is 1. The van der Waals surface area contributed by atoms with Crippen molar-refractivity contribution >= 4 is 0 Å². The van der Waals surface area contributed by atoms with Crippen LogP contribution < -0.4 is 5.32 Å². The lowest BCUT2D eigenvalue weighted by atomic mass is 9.83. The summed E-state index contributed by atoms with van der Waals surface area (Å²) in [6, 6.07) is 1.50. The molecule has 2 nitrogen and oxygen atoms in total. The van der Waals surface area contributed by atoms with Crippen molar-refractivity contribution in [3.8, 4) is 0 Å². The van der Waals surface area contributed by atoms with E-state index in [-0.39, 0.29) is 0 Å². The van der Waals surface area contributed by atoms with Gasteiger partial charge >= 0.3 is 0 Å². The van der Waals surface area contributed by atoms with Gasteiger partial charge in [0, 0.05) is 18.6 Å². The van der Waals surface area contributed by atoms with Crippen molar-refractivity contribution in [3.05, 3.63) is 0 Å². The van der Waals surface area contributed by atoms with E-state index in [1.807, 2.05) is 0 Å². The van der Waals surface area contributed by atoms with Crippen LogP contribution in [0.1, 0.15) is 65.7 Å². The minimum atomic E-state index is 0.707. The molecule has 3 atom stereocenters. The zero-order chi connectivity index (χ0) is 13.7. The summed E-state index contributed by atoms with van der Waals surface area (Å²) in [5.74, 6) is 1.77. The Morgan fingerprint density at radius 1 is 1.11 bits per heavy atom. The van der Waals surface area contributed by atoms with Crippen molar-refractivity contribution in [1.82, 2.24) is 10.2 Å². The Labute approximate surface area is 120 Å². The first-order chi connectivity index (χ1) is 9.22. The van der Waals surface area contributed by atoms with Gasteiger partial charge in [-0.3, -0.25) is 4.90 Å². The Kier molecular flexibility index (Phi) is 6.15. The van der Waals surface area contributed by atoms with Gasteiger partial charge in [-0.05, 0) is 51.1 Å². The Bertz CT molecular complexity index is 248. The number of hydrogen-bond acceptors (Lipinski definition) is 2. The zero-order valence-electron chi connectivity index (χ0n) is 13.3. The molecule has 112 valence electrons. The molecule has 2 rings (SSSR count). The van der Waals surface area contributed by atoms with Gasteiger partial charge < -0.3 is 5.32 Å². The predicted octanol–water partition coefficient (Wildman–Crippen LogP) is 3.67. The third kappa shape index (κ3) is 4.19. The number of nitrogens with one attached hydrogen (secondary N) is 1. The van der Waals surface area contributed by atoms with Gasteiger partial charge in [-0.1, -0.05) is 39.5 Å². The summed E-state index contributed by atoms with van der Waals surface area (Å²) in [7, 11) is 0. The minimum Gasteiger partial charge on any atom is -0.312 e. The van der Waals surface area contributed by atoms with Gasteiger partial charge in [-0.2, -0.15) is 0 Å². The van der Waals surface area contributed by atoms with Crippen LogP contribution in [0, 0.1) is 11.8 Å². The van der Waals surface area contributed by atoms with Crippen LogP contribution >= 0.6 is 0 Å². The van der Waals surface area contributed by atoms with E-state index in [4.69, 9.17) is 0 Å². The molecule has 0 bridgehead atoms. The molecule has 1 aliphatic heterocycles. The fourth-order valence-corrected chi connectivity index (χ4v) is 3.93. The Balaban J connectivity index is 1.92. The maximum atomic E-state index is 3.78. The second-order valence-electron chi connectivity index (χ2n) is 6.93. The molecule has 1 heterocycles. The highest BCUT2D eigenvalue weighted by Gasteiger charge is 2.29. The largest absolute Gasteiger partial charge is 0.312 e. The van der Waals surface area contributed by atoms with Crippen molar-refractivity contribution in [2.75, 3.05) is 19.6 Å². The SMILES string of the molecule is CCC(C)C1CN(C(C)C2CCCCC2)CCCN1. The summed E-state index contributed by atoms with van der Waals surface area (Å²) >= 11 is 0. The molecular weight excluding hydrogens is 232 g/mol. The summed E-state index contributed by atoms with van der Waals surface area (Å²) in [4.78, 5) is 2.80. The van der Waals surface area contributed by atoms with Gasteiger partial charge in [0.1, 0.15) is 0 Å². The molecule has 1 saturated heterocycles. The monoisotopic (exact) mass is 266 g/mol. The van der Waals surface area contributed by atoms with Gasteiger partial charge in [0.05, 0.1) is 0 Å². The molecule has 2 fully saturated rings. The van der Waals surface area contributed by atoms with Gasteiger partial charge in [0.25, 0.3) is 0 Å². The highest BCUT2D eigenvalue weighted by Crippen LogP contribution is 2.29. The molecule has 2 heteroatoms. The maximum Gasteiger partial charge on any atom is 0.0220 e. The van der Waals surface area contributed by atoms with Crippen LogP contribution in [-0.4, -0.2) is 36.6 Å². The van der Waals surface area contributed by atoms with Crippen molar-refractivity contribution in [2.24, 2.45) is 11.8 Å². The Morgan fingerprint density at radius 3 is 2.53 bits per heavy atom. The smallest absolute Gasteiger partial charge is 0.0220 e. The fourth-order valence-electron chi connectivity index (χ4n) is 3.93. The van der Waals surface area contributed by atoms with Gasteiger partial charge in [0.2, 0.25) is 0 Å². The predicted molar refractivity (Wildman–Crippen MR) is 83.5 cm³/mol. The van der Waals surface area contributed by atoms with Crippen LogP contribution in [0.3, 0.4) is 0 Å². The second-order valence-corrected chi connectivity index (χ2v) is 6.93. The third-order valence-corrected chi connectivity index (χ3v) is 5.70. The van der Waals surface area contributed by atoms with Gasteiger partial charge in [-0.15, -0.1) is 0 Å². The van der Waals surface area contributed by atoms with E-state index in [9.17, 15) is 0 Å². The van der Waals surface area contributed by atoms with Crippen molar-refractivity contribution in [1.29, 1.82) is 0 Å². The molecule has 0 radical (unpaired) electrons. The van der Waals surface area contributed by atoms with Gasteiger partial charge in [0.15, 0.2) is 0 Å². The Hall–Kier alpha value is -0.0800. The normalized spacial score (nSPS) is 30.8. The summed E-state index contributed by atoms with van der Waals surface area (Å²) in [5, 5.41) is 3.78. The van der Waals surface area contributed by atoms with E-state index in [0.717, 1.165) is 17.9 Å². The number of hydrogen-bond donors (Lipinski definition) is 1. The molecule has 0 aromatic heterocycles. The van der Waals surface area contributed by atoms with Crippen LogP contribution in [0.25, 0.3) is 0 Å². The first kappa shape index (κ1) is 15.3. The zero-order valence-corrected chi connectivity index (χ0v) is 13.3. The van der Waals surface area contributed by atoms with Crippen LogP contribution in [0.4, 0.5) is 0 Å². The average Bonchev–Trinajstić information content (AvgIpc) is 2.72. The number of rotatable bonds is 4. The standard InChI is InChI=1S/C17H34N2/c1-4-14(2)17-13-19(12-8-11-18-17)15(3)16-9-6-5-7-10-16/h14-18H,4-13H2,1-3H3. The highest BCUT2D eigenvalue weighted by molar-refractivity contribution is 4.85. The third-order valence-electron chi connectivity index (χ3n) is 5.70. The molecule has 0 spiro atoms. The molecule has 1 aliphatic carbocycles. The summed E-state index contributed by atoms with van der Waals surface area (Å²) < 4.78 is 0. The van der Waals surface area contributed by atoms with Crippen LogP contribution in [-0.2, 0) is 0 Å². The molecule has 0 amide bonds. The average molecular weight is 266 g/mol. The molecule has 1 N–H and O–H groups in total. The van der Waals surface area contributed by atoms with Crippen molar-refractivity contribution in [2.45, 2.75) is 77.8 Å². The van der Waals surface area contributed by atoms with Crippen LogP contribution in [0.15, 0.2) is 0 Å². The molecule has 0 aromatic rings. The van der Waals surface area contributed by atoms with E-state index < -0.39 is 0 Å². The topological polar surface area (TPSA) is 15.3 Å². The summed E-state index contributed by atoms with van der Waals surface area (Å²) in [5.41, 5.74) is 0. The molecule has 0 aromatic carbocycles. The van der Waals surface area contributed by atoms with E-state index in [1.165, 1.54) is 64.6 Å². The fraction of sp³-hybridized carbons (Fsp3) is 1.00. The van der Waals surface area contributed by atoms with E-state index in [1.54, 1.807) is 0 Å². The molecule has 3 unspecified atom stereocenters. The maximum absolute atomic E-state index is 3.78. The lowest BCUT2D eigenvalue weighted by Gasteiger charge is -2.38. The summed E-state index contributed by atoms with van der Waals surface area (Å²) in [6.45, 7) is 11.0. The van der Waals surface area contributed by atoms with E-state index >= 15 is 0 Å². The molecule has 1 saturated carbocycles. The Morgan fingerprint density at radius 2 is 1.84 bits per heavy atom. The highest BCUT2D eigenvalue weighted by atomic mass is 15.2. The van der Waals surface area contributed by atoms with Crippen LogP contribution in [0.2, 0.25) is 0 Å². The quantitative estimate of drug-likeness (QED) is 0.835. The first-order valence-electron chi connectivity index (χ1n) is 8.69. The molecule has 19 heavy (non-hydrogen) atoms. The molecular formula is C17H34N2. The van der Waals surface area contributed by atoms with Crippen molar-refractivity contribution in [3.63, 3.8) is 0 Å². The molecule has 2 aliphatic rings. The second kappa shape index (κ2) is 7.64. The van der Waals surface area contributed by atoms with E-state index in [0.29, 0.717) is 6.04 Å². The van der Waals surface area contributed by atoms with Crippen LogP contribution in [0.5, 0.6) is 0 Å². The summed E-state index contributed by atoms with van der Waals surface area (Å²) in [6.07, 6.45) is 9.97. The lowest BCUT2D eigenvalue weighted by molar-refractivity contribution is 0.119. The van der Waals surface area contributed by atoms with Gasteiger partial charge in [-0.25, -0.2) is 0 Å². The first-order valence-corrected chi connectivity index (χ1v) is 8.69.